The number of sulfonamides is 1. The van der Waals surface area contributed by atoms with Gasteiger partial charge in [0.1, 0.15) is 22.2 Å². The van der Waals surface area contributed by atoms with E-state index in [-0.39, 0.29) is 17.2 Å². The van der Waals surface area contributed by atoms with Gasteiger partial charge in [-0.15, -0.1) is 0 Å². The van der Waals surface area contributed by atoms with Crippen LogP contribution in [0.15, 0.2) is 88.7 Å². The summed E-state index contributed by atoms with van der Waals surface area (Å²) >= 11 is 0. The SMILES string of the molecule is COc1ncc(-c2ccc3nc(N)n(-c4ccccc4)c(=O)c3c2)cc1S(=O)(=O)Nc1c(F)cccc1F. The highest BCUT2D eigenvalue weighted by Gasteiger charge is 2.25. The van der Waals surface area contributed by atoms with Crippen molar-refractivity contribution in [3.05, 3.63) is 101 Å². The number of hydrogen-bond donors (Lipinski definition) is 2. The van der Waals surface area contributed by atoms with Crippen LogP contribution in [0.4, 0.5) is 20.4 Å². The maximum absolute atomic E-state index is 14.1. The second-order valence-electron chi connectivity index (χ2n) is 8.11. The Bertz CT molecular complexity index is 1840. The molecule has 0 saturated carbocycles. The molecule has 2 aromatic heterocycles. The maximum Gasteiger partial charge on any atom is 0.267 e. The fourth-order valence-electron chi connectivity index (χ4n) is 3.93. The lowest BCUT2D eigenvalue weighted by Gasteiger charge is -2.14. The number of fused-ring (bicyclic) bond motifs is 1. The number of halogens is 2. The van der Waals surface area contributed by atoms with Gasteiger partial charge in [0.2, 0.25) is 11.8 Å². The highest BCUT2D eigenvalue weighted by atomic mass is 32.2. The first-order valence-electron chi connectivity index (χ1n) is 11.1. The van der Waals surface area contributed by atoms with Gasteiger partial charge in [-0.3, -0.25) is 9.52 Å². The number of anilines is 2. The summed E-state index contributed by atoms with van der Waals surface area (Å²) in [5.74, 6) is -2.47. The second-order valence-corrected chi connectivity index (χ2v) is 9.76. The smallest absolute Gasteiger partial charge is 0.267 e. The molecule has 5 rings (SSSR count). The largest absolute Gasteiger partial charge is 0.480 e. The Hall–Kier alpha value is -4.84. The predicted octanol–water partition coefficient (Wildman–Crippen LogP) is 4.12. The zero-order valence-electron chi connectivity index (χ0n) is 19.7. The third-order valence-electron chi connectivity index (χ3n) is 5.74. The summed E-state index contributed by atoms with van der Waals surface area (Å²) in [6.45, 7) is 0. The molecule has 5 aromatic rings. The van der Waals surface area contributed by atoms with Crippen molar-refractivity contribution in [1.29, 1.82) is 0 Å². The van der Waals surface area contributed by atoms with Crippen molar-refractivity contribution in [2.24, 2.45) is 0 Å². The van der Waals surface area contributed by atoms with Crippen molar-refractivity contribution in [2.75, 3.05) is 17.6 Å². The lowest BCUT2D eigenvalue weighted by Crippen LogP contribution is -2.23. The van der Waals surface area contributed by atoms with E-state index >= 15 is 0 Å². The van der Waals surface area contributed by atoms with Crippen molar-refractivity contribution < 1.29 is 21.9 Å². The molecule has 0 aliphatic carbocycles. The molecule has 192 valence electrons. The maximum atomic E-state index is 14.1. The summed E-state index contributed by atoms with van der Waals surface area (Å²) in [4.78, 5) is 21.3. The fourth-order valence-corrected chi connectivity index (χ4v) is 5.15. The molecule has 0 bridgehead atoms. The quantitative estimate of drug-likeness (QED) is 0.335. The molecular formula is C26H19F2N5O4S. The summed E-state index contributed by atoms with van der Waals surface area (Å²) in [6, 6.07) is 17.7. The van der Waals surface area contributed by atoms with Crippen LogP contribution in [0.3, 0.4) is 0 Å². The Morgan fingerprint density at radius 1 is 0.947 bits per heavy atom. The van der Waals surface area contributed by atoms with Gasteiger partial charge in [-0.05, 0) is 48.0 Å². The van der Waals surface area contributed by atoms with Crippen molar-refractivity contribution >= 4 is 32.6 Å². The van der Waals surface area contributed by atoms with Crippen LogP contribution in [0.2, 0.25) is 0 Å². The molecule has 0 atom stereocenters. The standard InChI is InChI=1S/C26H19F2N5O4S/c1-37-24-22(38(35,36)32-23-19(27)8-5-9-20(23)28)13-16(14-30-24)15-10-11-21-18(12-15)25(34)33(26(29)31-21)17-6-3-2-4-7-17/h2-14,32H,1H3,(H2,29,31). The van der Waals surface area contributed by atoms with Crippen LogP contribution >= 0.6 is 0 Å². The number of nitrogens with zero attached hydrogens (tertiary/aromatic N) is 3. The molecule has 0 saturated heterocycles. The van der Waals surface area contributed by atoms with Gasteiger partial charge >= 0.3 is 0 Å². The molecule has 0 aliphatic rings. The van der Waals surface area contributed by atoms with Crippen LogP contribution in [-0.4, -0.2) is 30.1 Å². The molecule has 0 unspecified atom stereocenters. The summed E-state index contributed by atoms with van der Waals surface area (Å²) < 4.78 is 62.8. The van der Waals surface area contributed by atoms with E-state index in [4.69, 9.17) is 10.5 Å². The Balaban J connectivity index is 1.63. The van der Waals surface area contributed by atoms with Crippen LogP contribution in [0.1, 0.15) is 0 Å². The second kappa shape index (κ2) is 9.56. The zero-order chi connectivity index (χ0) is 27.0. The van der Waals surface area contributed by atoms with E-state index in [0.29, 0.717) is 22.3 Å². The van der Waals surface area contributed by atoms with Crippen molar-refractivity contribution in [3.63, 3.8) is 0 Å². The minimum absolute atomic E-state index is 0.00685. The number of aromatic nitrogens is 3. The zero-order valence-corrected chi connectivity index (χ0v) is 20.5. The molecule has 0 radical (unpaired) electrons. The van der Waals surface area contributed by atoms with E-state index in [9.17, 15) is 22.0 Å². The molecule has 3 N–H and O–H groups in total. The number of para-hydroxylation sites is 2. The van der Waals surface area contributed by atoms with Gasteiger partial charge in [-0.2, -0.15) is 0 Å². The van der Waals surface area contributed by atoms with Gasteiger partial charge in [0, 0.05) is 11.8 Å². The average molecular weight is 536 g/mol. The van der Waals surface area contributed by atoms with Gasteiger partial charge in [0.05, 0.1) is 23.7 Å². The number of nitrogens with one attached hydrogen (secondary N) is 1. The topological polar surface area (TPSA) is 129 Å². The van der Waals surface area contributed by atoms with Crippen molar-refractivity contribution in [1.82, 2.24) is 14.5 Å². The molecule has 12 heteroatoms. The lowest BCUT2D eigenvalue weighted by molar-refractivity contribution is 0.385. The van der Waals surface area contributed by atoms with Gasteiger partial charge < -0.3 is 10.5 Å². The van der Waals surface area contributed by atoms with Crippen molar-refractivity contribution in [3.8, 4) is 22.7 Å². The highest BCUT2D eigenvalue weighted by molar-refractivity contribution is 7.92. The monoisotopic (exact) mass is 535 g/mol. The van der Waals surface area contributed by atoms with Crippen LogP contribution in [0.5, 0.6) is 5.88 Å². The van der Waals surface area contributed by atoms with E-state index < -0.39 is 37.8 Å². The summed E-state index contributed by atoms with van der Waals surface area (Å²) in [5, 5.41) is 0.229. The average Bonchev–Trinajstić information content (AvgIpc) is 2.91. The molecular weight excluding hydrogens is 516 g/mol. The first-order valence-corrected chi connectivity index (χ1v) is 12.6. The number of pyridine rings is 1. The molecule has 9 nitrogen and oxygen atoms in total. The van der Waals surface area contributed by atoms with Gasteiger partial charge in [0.15, 0.2) is 0 Å². The van der Waals surface area contributed by atoms with E-state index in [2.05, 4.69) is 9.97 Å². The van der Waals surface area contributed by atoms with E-state index in [1.807, 2.05) is 4.72 Å². The number of nitrogens with two attached hydrogens (primary N) is 1. The predicted molar refractivity (Wildman–Crippen MR) is 139 cm³/mol. The third-order valence-corrected chi connectivity index (χ3v) is 7.09. The number of ether oxygens (including phenoxy) is 1. The first-order chi connectivity index (χ1) is 18.2. The van der Waals surface area contributed by atoms with Crippen LogP contribution < -0.4 is 20.8 Å². The molecule has 3 aromatic carbocycles. The Morgan fingerprint density at radius 3 is 2.34 bits per heavy atom. The Kier molecular flexibility index (Phi) is 6.25. The number of benzene rings is 3. The van der Waals surface area contributed by atoms with Crippen LogP contribution in [-0.2, 0) is 10.0 Å². The molecule has 2 heterocycles. The number of rotatable bonds is 6. The number of methoxy groups -OCH3 is 1. The Labute approximate surface area is 215 Å². The third kappa shape index (κ3) is 4.41. The molecule has 0 fully saturated rings. The van der Waals surface area contributed by atoms with E-state index in [0.717, 1.165) is 18.2 Å². The summed E-state index contributed by atoms with van der Waals surface area (Å²) in [6.07, 6.45) is 1.35. The first kappa shape index (κ1) is 24.8. The minimum Gasteiger partial charge on any atom is -0.480 e. The molecule has 0 amide bonds. The van der Waals surface area contributed by atoms with Gasteiger partial charge in [-0.1, -0.05) is 30.3 Å². The van der Waals surface area contributed by atoms with E-state index in [1.165, 1.54) is 30.0 Å². The van der Waals surface area contributed by atoms with Gasteiger partial charge in [-0.25, -0.2) is 31.7 Å². The lowest BCUT2D eigenvalue weighted by atomic mass is 10.1. The Morgan fingerprint density at radius 2 is 1.66 bits per heavy atom. The normalized spacial score (nSPS) is 11.4. The fraction of sp³-hybridized carbons (Fsp3) is 0.0385. The summed E-state index contributed by atoms with van der Waals surface area (Å²) in [7, 11) is -3.33. The number of hydrogen-bond acceptors (Lipinski definition) is 7. The summed E-state index contributed by atoms with van der Waals surface area (Å²) in [5.41, 5.74) is 6.39. The molecule has 0 spiro atoms. The van der Waals surface area contributed by atoms with Gasteiger partial charge in [0.25, 0.3) is 15.6 Å². The molecule has 0 aliphatic heterocycles. The van der Waals surface area contributed by atoms with Crippen LogP contribution in [0, 0.1) is 11.6 Å². The van der Waals surface area contributed by atoms with Crippen molar-refractivity contribution in [2.45, 2.75) is 4.90 Å². The molecule has 38 heavy (non-hydrogen) atoms. The minimum atomic E-state index is -4.54. The van der Waals surface area contributed by atoms with Crippen LogP contribution in [0.25, 0.3) is 27.7 Å². The number of nitrogen functional groups attached to an aromatic ring is 1. The van der Waals surface area contributed by atoms with E-state index in [1.54, 1.807) is 42.5 Å². The highest BCUT2D eigenvalue weighted by Crippen LogP contribution is 2.31.